The third-order valence-corrected chi connectivity index (χ3v) is 5.71. The van der Waals surface area contributed by atoms with Gasteiger partial charge in [-0.15, -0.1) is 0 Å². The number of rotatable bonds is 6. The minimum absolute atomic E-state index is 0. The predicted molar refractivity (Wildman–Crippen MR) is 61.2 cm³/mol. The van der Waals surface area contributed by atoms with Crippen molar-refractivity contribution in [3.63, 3.8) is 0 Å². The Hall–Kier alpha value is 2.77. The van der Waals surface area contributed by atoms with Crippen LogP contribution in [0, 0.1) is 0 Å². The van der Waals surface area contributed by atoms with E-state index in [1.165, 1.54) is 0 Å². The van der Waals surface area contributed by atoms with Crippen molar-refractivity contribution < 1.29 is 81.1 Å². The molecular weight excluding hydrogens is 477 g/mol. The van der Waals surface area contributed by atoms with E-state index >= 15 is 0 Å². The first-order chi connectivity index (χ1) is 7.12. The summed E-state index contributed by atoms with van der Waals surface area (Å²) in [6.07, 6.45) is 0. The molecule has 0 bridgehead atoms. The van der Waals surface area contributed by atoms with Gasteiger partial charge in [0, 0.05) is 11.0 Å². The molecular formula is C6H14O6P2S2Zr2. The molecule has 0 unspecified atom stereocenters. The summed E-state index contributed by atoms with van der Waals surface area (Å²) in [6, 6.07) is 0. The zero-order chi connectivity index (χ0) is 13.2. The van der Waals surface area contributed by atoms with Crippen molar-refractivity contribution in [3.8, 4) is 0 Å². The molecule has 0 rings (SSSR count). The van der Waals surface area contributed by atoms with Crippen LogP contribution in [0.5, 0.6) is 0 Å². The van der Waals surface area contributed by atoms with Crippen LogP contribution in [-0.4, -0.2) is 22.5 Å². The molecule has 0 aliphatic heterocycles. The van der Waals surface area contributed by atoms with E-state index in [0.717, 1.165) is 23.5 Å². The van der Waals surface area contributed by atoms with Gasteiger partial charge in [0.05, 0.1) is 0 Å². The minimum Gasteiger partial charge on any atom is -0.810 e. The molecule has 12 heteroatoms. The monoisotopic (exact) mass is 488 g/mol. The van der Waals surface area contributed by atoms with Gasteiger partial charge in [-0.2, -0.15) is 23.5 Å². The second kappa shape index (κ2) is 16.1. The molecule has 0 heterocycles. The van der Waals surface area contributed by atoms with Crippen LogP contribution in [0.3, 0.4) is 0 Å². The Morgan fingerprint density at radius 1 is 0.778 bits per heavy atom. The van der Waals surface area contributed by atoms with Crippen molar-refractivity contribution in [2.45, 2.75) is 13.8 Å². The largest absolute Gasteiger partial charge is 2.00 e. The molecule has 0 saturated heterocycles. The summed E-state index contributed by atoms with van der Waals surface area (Å²) < 4.78 is 19.7. The van der Waals surface area contributed by atoms with E-state index in [0.29, 0.717) is 11.5 Å². The molecule has 0 N–H and O–H groups in total. The number of hydrogen-bond acceptors (Lipinski definition) is 8. The molecule has 0 atom stereocenters. The van der Waals surface area contributed by atoms with Gasteiger partial charge in [0.2, 0.25) is 0 Å². The summed E-state index contributed by atoms with van der Waals surface area (Å²) in [6.45, 7) is 3.61. The second-order valence-electron chi connectivity index (χ2n) is 2.47. The van der Waals surface area contributed by atoms with Crippen LogP contribution in [0.2, 0.25) is 0 Å². The van der Waals surface area contributed by atoms with Crippen molar-refractivity contribution >= 4 is 38.7 Å². The molecule has 0 amide bonds. The van der Waals surface area contributed by atoms with Crippen LogP contribution in [0.4, 0.5) is 0 Å². The van der Waals surface area contributed by atoms with Gasteiger partial charge in [0.15, 0.2) is 0 Å². The van der Waals surface area contributed by atoms with Gasteiger partial charge in [0.25, 0.3) is 0 Å². The van der Waals surface area contributed by atoms with Gasteiger partial charge >= 0.3 is 52.4 Å². The Balaban J connectivity index is -0.0000000980. The van der Waals surface area contributed by atoms with Crippen LogP contribution in [0.25, 0.3) is 0 Å². The Morgan fingerprint density at radius 2 is 1.00 bits per heavy atom. The quantitative estimate of drug-likeness (QED) is 0.444. The van der Waals surface area contributed by atoms with E-state index in [9.17, 15) is 28.7 Å². The number of hydrogen-bond donors (Lipinski definition) is 0. The summed E-state index contributed by atoms with van der Waals surface area (Å²) in [5.41, 5.74) is -0.549. The van der Waals surface area contributed by atoms with E-state index in [-0.39, 0.29) is 63.4 Å². The summed E-state index contributed by atoms with van der Waals surface area (Å²) in [4.78, 5) is 39.4. The van der Waals surface area contributed by atoms with E-state index in [1.807, 2.05) is 0 Å². The zero-order valence-corrected chi connectivity index (χ0v) is 18.3. The minimum atomic E-state index is -4.22. The average Bonchev–Trinajstić information content (AvgIpc) is 2.10. The maximum absolute atomic E-state index is 9.84. The van der Waals surface area contributed by atoms with Gasteiger partial charge < -0.3 is 28.7 Å². The maximum Gasteiger partial charge on any atom is 2.00 e. The zero-order valence-electron chi connectivity index (χ0n) is 9.99. The van der Waals surface area contributed by atoms with Crippen LogP contribution in [0.15, 0.2) is 0 Å². The fraction of sp³-hybridized carbons (Fsp3) is 1.00. The van der Waals surface area contributed by atoms with Crippen LogP contribution in [-0.2, 0) is 61.5 Å². The van der Waals surface area contributed by atoms with E-state index in [1.54, 1.807) is 13.8 Å². The maximum atomic E-state index is 9.84. The van der Waals surface area contributed by atoms with Crippen molar-refractivity contribution in [2.75, 3.05) is 22.5 Å². The Morgan fingerprint density at radius 3 is 1.06 bits per heavy atom. The standard InChI is InChI=1S/2C3H9O3PS.2Zr/c2*1-2-8-3-7(4,5)6;;/h2*2-3H2,1H3,(H2,4,5,6);;/q;;2*+2/p-4. The molecule has 0 aromatic carbocycles. The van der Waals surface area contributed by atoms with Crippen LogP contribution < -0.4 is 19.6 Å². The summed E-state index contributed by atoms with van der Waals surface area (Å²) >= 11 is 2.25. The average molecular weight is 491 g/mol. The van der Waals surface area contributed by atoms with E-state index in [4.69, 9.17) is 0 Å². The van der Waals surface area contributed by atoms with Crippen molar-refractivity contribution in [3.05, 3.63) is 0 Å². The van der Waals surface area contributed by atoms with Crippen molar-refractivity contribution in [1.82, 2.24) is 0 Å². The number of thioether (sulfide) groups is 2. The smallest absolute Gasteiger partial charge is 0.810 e. The van der Waals surface area contributed by atoms with Crippen LogP contribution >= 0.6 is 38.7 Å². The molecule has 0 radical (unpaired) electrons. The SMILES string of the molecule is CCSCP(=O)([O-])[O-].CCSCP(=O)([O-])[O-].[Zr+2].[Zr+2]. The summed E-state index contributed by atoms with van der Waals surface area (Å²) in [7, 11) is -8.44. The van der Waals surface area contributed by atoms with Crippen LogP contribution in [0.1, 0.15) is 13.8 Å². The molecule has 0 saturated carbocycles. The molecule has 0 aromatic heterocycles. The molecule has 6 nitrogen and oxygen atoms in total. The molecule has 18 heavy (non-hydrogen) atoms. The van der Waals surface area contributed by atoms with Crippen molar-refractivity contribution in [1.29, 1.82) is 0 Å². The van der Waals surface area contributed by atoms with Gasteiger partial charge in [-0.1, -0.05) is 29.0 Å². The topological polar surface area (TPSA) is 126 Å². The predicted octanol–water partition coefficient (Wildman–Crippen LogP) is -0.784. The summed E-state index contributed by atoms with van der Waals surface area (Å²) in [5.74, 6) is 1.35. The fourth-order valence-electron chi connectivity index (χ4n) is 0.406. The Bertz CT molecular complexity index is 232. The summed E-state index contributed by atoms with van der Waals surface area (Å²) in [5, 5.41) is 0. The van der Waals surface area contributed by atoms with E-state index < -0.39 is 15.2 Å². The molecule has 0 spiro atoms. The molecule has 0 aliphatic rings. The third kappa shape index (κ3) is 36.3. The molecule has 0 aliphatic carbocycles. The van der Waals surface area contributed by atoms with E-state index in [2.05, 4.69) is 0 Å². The molecule has 0 fully saturated rings. The first-order valence-electron chi connectivity index (χ1n) is 4.30. The Kier molecular flexibility index (Phi) is 25.9. The second-order valence-corrected chi connectivity index (χ2v) is 8.95. The van der Waals surface area contributed by atoms with Gasteiger partial charge in [-0.05, 0) is 11.5 Å². The first kappa shape index (κ1) is 28.9. The first-order valence-corrected chi connectivity index (χ1v) is 10.1. The molecule has 104 valence electrons. The molecule has 0 aromatic rings. The van der Waals surface area contributed by atoms with Crippen molar-refractivity contribution in [2.24, 2.45) is 0 Å². The van der Waals surface area contributed by atoms with Gasteiger partial charge in [-0.25, -0.2) is 0 Å². The normalized spacial score (nSPS) is 10.6. The van der Waals surface area contributed by atoms with Gasteiger partial charge in [0.1, 0.15) is 0 Å². The van der Waals surface area contributed by atoms with Gasteiger partial charge in [-0.3, -0.25) is 0 Å². The fourth-order valence-corrected chi connectivity index (χ4v) is 3.66. The Labute approximate surface area is 154 Å². The third-order valence-electron chi connectivity index (χ3n) is 0.907.